The van der Waals surface area contributed by atoms with Crippen LogP contribution in [0.1, 0.15) is 45.4 Å². The van der Waals surface area contributed by atoms with Crippen LogP contribution in [0.4, 0.5) is 0 Å². The van der Waals surface area contributed by atoms with Gasteiger partial charge in [-0.3, -0.25) is 14.5 Å². The first kappa shape index (κ1) is 13.5. The van der Waals surface area contributed by atoms with Crippen molar-refractivity contribution in [2.24, 2.45) is 5.92 Å². The number of piperidine rings is 1. The first-order valence-electron chi connectivity index (χ1n) is 7.15. The molecule has 2 fully saturated rings. The van der Waals surface area contributed by atoms with Gasteiger partial charge in [0.1, 0.15) is 11.7 Å². The van der Waals surface area contributed by atoms with E-state index in [2.05, 4.69) is 4.90 Å². The van der Waals surface area contributed by atoms with Crippen molar-refractivity contribution >= 4 is 11.8 Å². The summed E-state index contributed by atoms with van der Waals surface area (Å²) in [5.74, 6) is -0.816. The van der Waals surface area contributed by atoms with E-state index in [1.165, 1.54) is 32.1 Å². The lowest BCUT2D eigenvalue weighted by Gasteiger charge is -2.38. The monoisotopic (exact) mass is 253 g/mol. The molecule has 1 saturated heterocycles. The molecular weight excluding hydrogens is 230 g/mol. The standard InChI is InChI=1S/C14H23NO3/c1-2-18-14(17)12-10-15(9-8-13(12)16)11-6-4-3-5-7-11/h11-12H,2-10H2,1H3/t12-/m0/s1. The van der Waals surface area contributed by atoms with E-state index in [4.69, 9.17) is 4.74 Å². The van der Waals surface area contributed by atoms with Crippen molar-refractivity contribution in [1.29, 1.82) is 0 Å². The number of likely N-dealkylation sites (tertiary alicyclic amines) is 1. The molecule has 1 aliphatic carbocycles. The first-order chi connectivity index (χ1) is 8.72. The number of rotatable bonds is 3. The minimum Gasteiger partial charge on any atom is -0.465 e. The molecule has 18 heavy (non-hydrogen) atoms. The number of carbonyl (C=O) groups excluding carboxylic acids is 2. The van der Waals surface area contributed by atoms with Crippen LogP contribution in [0.25, 0.3) is 0 Å². The minimum atomic E-state index is -0.541. The zero-order valence-corrected chi connectivity index (χ0v) is 11.2. The molecule has 0 amide bonds. The lowest BCUT2D eigenvalue weighted by molar-refractivity contribution is -0.154. The molecule has 0 N–H and O–H groups in total. The van der Waals surface area contributed by atoms with Gasteiger partial charge in [-0.05, 0) is 19.8 Å². The predicted octanol–water partition coefficient (Wildman–Crippen LogP) is 1.77. The Bertz CT molecular complexity index is 310. The third-order valence-electron chi connectivity index (χ3n) is 4.11. The number of ketones is 1. The summed E-state index contributed by atoms with van der Waals surface area (Å²) in [6, 6.07) is 0.573. The fourth-order valence-corrected chi connectivity index (χ4v) is 3.08. The number of hydrogen-bond donors (Lipinski definition) is 0. The Hall–Kier alpha value is -0.900. The second kappa shape index (κ2) is 6.32. The average molecular weight is 253 g/mol. The van der Waals surface area contributed by atoms with Crippen LogP contribution in [0, 0.1) is 5.92 Å². The van der Waals surface area contributed by atoms with Gasteiger partial charge in [0, 0.05) is 25.6 Å². The van der Waals surface area contributed by atoms with Crippen LogP contribution in [0.5, 0.6) is 0 Å². The lowest BCUT2D eigenvalue weighted by Crippen LogP contribution is -2.49. The van der Waals surface area contributed by atoms with E-state index in [1.807, 2.05) is 0 Å². The van der Waals surface area contributed by atoms with Gasteiger partial charge in [0.05, 0.1) is 6.61 Å². The van der Waals surface area contributed by atoms with Crippen LogP contribution in [0.3, 0.4) is 0 Å². The summed E-state index contributed by atoms with van der Waals surface area (Å²) in [4.78, 5) is 25.9. The molecule has 0 bridgehead atoms. The molecule has 2 aliphatic rings. The van der Waals surface area contributed by atoms with E-state index in [-0.39, 0.29) is 11.8 Å². The van der Waals surface area contributed by atoms with Crippen molar-refractivity contribution in [1.82, 2.24) is 4.90 Å². The Balaban J connectivity index is 1.94. The van der Waals surface area contributed by atoms with Gasteiger partial charge in [-0.1, -0.05) is 19.3 Å². The molecule has 0 unspecified atom stereocenters. The first-order valence-corrected chi connectivity index (χ1v) is 7.15. The van der Waals surface area contributed by atoms with Gasteiger partial charge >= 0.3 is 5.97 Å². The lowest BCUT2D eigenvalue weighted by atomic mass is 9.89. The number of hydrogen-bond acceptors (Lipinski definition) is 4. The maximum atomic E-state index is 11.8. The van der Waals surface area contributed by atoms with E-state index < -0.39 is 5.92 Å². The molecule has 1 aliphatic heterocycles. The van der Waals surface area contributed by atoms with Gasteiger partial charge < -0.3 is 4.74 Å². The van der Waals surface area contributed by atoms with E-state index in [0.29, 0.717) is 25.6 Å². The summed E-state index contributed by atoms with van der Waals surface area (Å²) in [5, 5.41) is 0. The maximum absolute atomic E-state index is 11.8. The largest absolute Gasteiger partial charge is 0.465 e. The number of esters is 1. The molecule has 1 saturated carbocycles. The Morgan fingerprint density at radius 3 is 2.72 bits per heavy atom. The van der Waals surface area contributed by atoms with Crippen LogP contribution in [-0.4, -0.2) is 42.4 Å². The summed E-state index contributed by atoms with van der Waals surface area (Å²) < 4.78 is 5.00. The van der Waals surface area contributed by atoms with Gasteiger partial charge in [-0.2, -0.15) is 0 Å². The smallest absolute Gasteiger partial charge is 0.317 e. The fraction of sp³-hybridized carbons (Fsp3) is 0.857. The topological polar surface area (TPSA) is 46.6 Å². The number of nitrogens with zero attached hydrogens (tertiary/aromatic N) is 1. The van der Waals surface area contributed by atoms with E-state index in [0.717, 1.165) is 6.54 Å². The minimum absolute atomic E-state index is 0.0560. The van der Waals surface area contributed by atoms with Crippen molar-refractivity contribution in [2.45, 2.75) is 51.5 Å². The normalized spacial score (nSPS) is 27.2. The summed E-state index contributed by atoms with van der Waals surface area (Å²) in [6.45, 7) is 3.53. The van der Waals surface area contributed by atoms with Gasteiger partial charge in [0.25, 0.3) is 0 Å². The summed E-state index contributed by atoms with van der Waals surface area (Å²) in [5.41, 5.74) is 0. The Labute approximate surface area is 109 Å². The zero-order valence-electron chi connectivity index (χ0n) is 11.2. The Morgan fingerprint density at radius 1 is 1.33 bits per heavy atom. The average Bonchev–Trinajstić information content (AvgIpc) is 2.40. The quantitative estimate of drug-likeness (QED) is 0.568. The van der Waals surface area contributed by atoms with Gasteiger partial charge in [0.15, 0.2) is 0 Å². The van der Waals surface area contributed by atoms with Gasteiger partial charge in [-0.25, -0.2) is 0 Å². The fourth-order valence-electron chi connectivity index (χ4n) is 3.08. The molecule has 2 rings (SSSR count). The molecule has 0 spiro atoms. The van der Waals surface area contributed by atoms with E-state index >= 15 is 0 Å². The van der Waals surface area contributed by atoms with E-state index in [1.54, 1.807) is 6.92 Å². The highest BCUT2D eigenvalue weighted by atomic mass is 16.5. The van der Waals surface area contributed by atoms with E-state index in [9.17, 15) is 9.59 Å². The molecule has 1 atom stereocenters. The number of carbonyl (C=O) groups is 2. The third-order valence-corrected chi connectivity index (χ3v) is 4.11. The van der Waals surface area contributed by atoms with Crippen molar-refractivity contribution in [3.8, 4) is 0 Å². The molecular formula is C14H23NO3. The van der Waals surface area contributed by atoms with Crippen molar-refractivity contribution < 1.29 is 14.3 Å². The van der Waals surface area contributed by atoms with Crippen molar-refractivity contribution in [3.63, 3.8) is 0 Å². The Morgan fingerprint density at radius 2 is 2.06 bits per heavy atom. The van der Waals surface area contributed by atoms with Gasteiger partial charge in [-0.15, -0.1) is 0 Å². The third kappa shape index (κ3) is 3.10. The van der Waals surface area contributed by atoms with Crippen LogP contribution < -0.4 is 0 Å². The van der Waals surface area contributed by atoms with Gasteiger partial charge in [0.2, 0.25) is 0 Å². The molecule has 0 aromatic rings. The predicted molar refractivity (Wildman–Crippen MR) is 68.2 cm³/mol. The number of Topliss-reactive ketones (excluding diaryl/α,β-unsaturated/α-hetero) is 1. The highest BCUT2D eigenvalue weighted by Crippen LogP contribution is 2.26. The van der Waals surface area contributed by atoms with Crippen molar-refractivity contribution in [3.05, 3.63) is 0 Å². The second-order valence-corrected chi connectivity index (χ2v) is 5.31. The summed E-state index contributed by atoms with van der Waals surface area (Å²) in [6.07, 6.45) is 6.80. The Kier molecular flexibility index (Phi) is 4.75. The molecule has 0 radical (unpaired) electrons. The molecule has 0 aromatic heterocycles. The van der Waals surface area contributed by atoms with Crippen LogP contribution in [-0.2, 0) is 14.3 Å². The zero-order chi connectivity index (χ0) is 13.0. The number of ether oxygens (including phenoxy) is 1. The van der Waals surface area contributed by atoms with Crippen LogP contribution >= 0.6 is 0 Å². The molecule has 102 valence electrons. The van der Waals surface area contributed by atoms with Crippen LogP contribution in [0.15, 0.2) is 0 Å². The summed E-state index contributed by atoms with van der Waals surface area (Å²) >= 11 is 0. The van der Waals surface area contributed by atoms with Crippen LogP contribution in [0.2, 0.25) is 0 Å². The molecule has 4 nitrogen and oxygen atoms in total. The van der Waals surface area contributed by atoms with Crippen molar-refractivity contribution in [2.75, 3.05) is 19.7 Å². The highest BCUT2D eigenvalue weighted by Gasteiger charge is 2.36. The second-order valence-electron chi connectivity index (χ2n) is 5.31. The molecule has 4 heteroatoms. The molecule has 0 aromatic carbocycles. The molecule has 1 heterocycles. The SMILES string of the molecule is CCOC(=O)[C@H]1CN(C2CCCCC2)CCC1=O. The highest BCUT2D eigenvalue weighted by molar-refractivity contribution is 5.99. The maximum Gasteiger partial charge on any atom is 0.317 e. The summed E-state index contributed by atoms with van der Waals surface area (Å²) in [7, 11) is 0.